The van der Waals surface area contributed by atoms with Crippen molar-refractivity contribution >= 4 is 0 Å². The van der Waals surface area contributed by atoms with Gasteiger partial charge in [-0.25, -0.2) is 0 Å². The van der Waals surface area contributed by atoms with Gasteiger partial charge in [0.15, 0.2) is 0 Å². The molecule has 1 heteroatoms. The molecule has 0 aromatic heterocycles. The molecule has 1 nitrogen and oxygen atoms in total. The molecule has 1 atom stereocenters. The maximum atomic E-state index is 8.38. The van der Waals surface area contributed by atoms with Crippen molar-refractivity contribution < 1.29 is 0 Å². The van der Waals surface area contributed by atoms with E-state index < -0.39 is 0 Å². The van der Waals surface area contributed by atoms with Crippen LogP contribution in [-0.2, 0) is 0 Å². The molecule has 0 N–H and O–H groups in total. The van der Waals surface area contributed by atoms with Gasteiger partial charge in [-0.15, -0.1) is 0 Å². The van der Waals surface area contributed by atoms with Gasteiger partial charge in [-0.2, -0.15) is 5.26 Å². The van der Waals surface area contributed by atoms with Gasteiger partial charge in [0.2, 0.25) is 0 Å². The molecular weight excluding hydrogens is 146 g/mol. The maximum absolute atomic E-state index is 8.38. The summed E-state index contributed by atoms with van der Waals surface area (Å²) in [6.45, 7) is 6.78. The monoisotopic (exact) mass is 167 g/mol. The fraction of sp³-hybridized carbons (Fsp3) is 0.909. The SMILES string of the molecule is CC(C)CCC[C@@H](C)CCC#N. The van der Waals surface area contributed by atoms with E-state index in [9.17, 15) is 0 Å². The van der Waals surface area contributed by atoms with E-state index in [1.807, 2.05) is 0 Å². The zero-order chi connectivity index (χ0) is 9.40. The molecule has 0 fully saturated rings. The highest BCUT2D eigenvalue weighted by Gasteiger charge is 2.02. The maximum Gasteiger partial charge on any atom is 0.0621 e. The molecular formula is C11H21N. The molecule has 0 radical (unpaired) electrons. The summed E-state index contributed by atoms with van der Waals surface area (Å²) in [5.41, 5.74) is 0. The van der Waals surface area contributed by atoms with Crippen molar-refractivity contribution in [3.05, 3.63) is 0 Å². The zero-order valence-corrected chi connectivity index (χ0v) is 8.64. The van der Waals surface area contributed by atoms with E-state index in [-0.39, 0.29) is 0 Å². The third kappa shape index (κ3) is 7.60. The highest BCUT2D eigenvalue weighted by atomic mass is 14.2. The van der Waals surface area contributed by atoms with E-state index in [2.05, 4.69) is 26.8 Å². The summed E-state index contributed by atoms with van der Waals surface area (Å²) >= 11 is 0. The molecule has 0 aromatic rings. The topological polar surface area (TPSA) is 23.8 Å². The van der Waals surface area contributed by atoms with E-state index in [1.165, 1.54) is 19.3 Å². The molecule has 0 bridgehead atoms. The second-order valence-electron chi connectivity index (χ2n) is 4.13. The summed E-state index contributed by atoms with van der Waals surface area (Å²) in [6, 6.07) is 2.20. The average molecular weight is 167 g/mol. The van der Waals surface area contributed by atoms with Gasteiger partial charge in [0.25, 0.3) is 0 Å². The average Bonchev–Trinajstić information content (AvgIpc) is 2.00. The molecule has 0 aliphatic rings. The number of hydrogen-bond donors (Lipinski definition) is 0. The molecule has 0 aliphatic heterocycles. The summed E-state index contributed by atoms with van der Waals surface area (Å²) in [6.07, 6.45) is 5.75. The summed E-state index contributed by atoms with van der Waals surface area (Å²) in [5, 5.41) is 8.38. The van der Waals surface area contributed by atoms with E-state index in [0.29, 0.717) is 0 Å². The quantitative estimate of drug-likeness (QED) is 0.591. The van der Waals surface area contributed by atoms with Crippen LogP contribution in [0.5, 0.6) is 0 Å². The Morgan fingerprint density at radius 3 is 2.25 bits per heavy atom. The third-order valence-electron chi connectivity index (χ3n) is 2.23. The van der Waals surface area contributed by atoms with E-state index in [4.69, 9.17) is 5.26 Å². The molecule has 0 saturated carbocycles. The van der Waals surface area contributed by atoms with Gasteiger partial charge in [0, 0.05) is 6.42 Å². The Hall–Kier alpha value is -0.510. The Morgan fingerprint density at radius 1 is 1.08 bits per heavy atom. The summed E-state index contributed by atoms with van der Waals surface area (Å²) in [7, 11) is 0. The lowest BCUT2D eigenvalue weighted by atomic mass is 9.96. The largest absolute Gasteiger partial charge is 0.198 e. The molecule has 0 spiro atoms. The first-order valence-corrected chi connectivity index (χ1v) is 5.03. The predicted octanol–water partition coefficient (Wildman–Crippen LogP) is 3.75. The van der Waals surface area contributed by atoms with Crippen LogP contribution in [0, 0.1) is 23.2 Å². The van der Waals surface area contributed by atoms with Crippen LogP contribution in [0.4, 0.5) is 0 Å². The molecule has 12 heavy (non-hydrogen) atoms. The lowest BCUT2D eigenvalue weighted by Gasteiger charge is -2.09. The molecule has 0 unspecified atom stereocenters. The van der Waals surface area contributed by atoms with Crippen LogP contribution in [0.2, 0.25) is 0 Å². The Morgan fingerprint density at radius 2 is 1.75 bits per heavy atom. The van der Waals surface area contributed by atoms with Crippen LogP contribution >= 0.6 is 0 Å². The van der Waals surface area contributed by atoms with Crippen molar-refractivity contribution in [3.63, 3.8) is 0 Å². The lowest BCUT2D eigenvalue weighted by Crippen LogP contribution is -1.96. The van der Waals surface area contributed by atoms with Crippen molar-refractivity contribution in [2.24, 2.45) is 11.8 Å². The molecule has 0 aromatic carbocycles. The van der Waals surface area contributed by atoms with Crippen molar-refractivity contribution in [2.45, 2.75) is 52.9 Å². The fourth-order valence-corrected chi connectivity index (χ4v) is 1.33. The van der Waals surface area contributed by atoms with Gasteiger partial charge in [0.1, 0.15) is 0 Å². The van der Waals surface area contributed by atoms with Crippen molar-refractivity contribution in [1.82, 2.24) is 0 Å². The molecule has 0 aliphatic carbocycles. The van der Waals surface area contributed by atoms with E-state index in [0.717, 1.165) is 24.7 Å². The Kier molecular flexibility index (Phi) is 6.85. The van der Waals surface area contributed by atoms with Crippen LogP contribution < -0.4 is 0 Å². The smallest absolute Gasteiger partial charge is 0.0621 e. The molecule has 0 heterocycles. The van der Waals surface area contributed by atoms with Crippen LogP contribution in [0.3, 0.4) is 0 Å². The standard InChI is InChI=1S/C11H21N/c1-10(2)6-4-7-11(3)8-5-9-12/h10-11H,4-8H2,1-3H3/t11-/m1/s1. The van der Waals surface area contributed by atoms with Crippen molar-refractivity contribution in [1.29, 1.82) is 5.26 Å². The zero-order valence-electron chi connectivity index (χ0n) is 8.64. The first-order chi connectivity index (χ1) is 5.66. The van der Waals surface area contributed by atoms with Gasteiger partial charge in [0.05, 0.1) is 6.07 Å². The van der Waals surface area contributed by atoms with Crippen LogP contribution in [0.1, 0.15) is 52.9 Å². The highest BCUT2D eigenvalue weighted by molar-refractivity contribution is 4.70. The minimum absolute atomic E-state index is 0.725. The second-order valence-corrected chi connectivity index (χ2v) is 4.13. The van der Waals surface area contributed by atoms with Gasteiger partial charge in [-0.05, 0) is 18.3 Å². The molecule has 0 amide bonds. The first kappa shape index (κ1) is 11.5. The summed E-state index contributed by atoms with van der Waals surface area (Å²) in [5.74, 6) is 1.57. The molecule has 0 rings (SSSR count). The molecule has 0 saturated heterocycles. The first-order valence-electron chi connectivity index (χ1n) is 5.03. The van der Waals surface area contributed by atoms with Gasteiger partial charge < -0.3 is 0 Å². The second kappa shape index (κ2) is 7.16. The number of hydrogen-bond acceptors (Lipinski definition) is 1. The van der Waals surface area contributed by atoms with Gasteiger partial charge >= 0.3 is 0 Å². The van der Waals surface area contributed by atoms with E-state index in [1.54, 1.807) is 0 Å². The third-order valence-corrected chi connectivity index (χ3v) is 2.23. The van der Waals surface area contributed by atoms with E-state index >= 15 is 0 Å². The Balaban J connectivity index is 3.20. The minimum atomic E-state index is 0.725. The van der Waals surface area contributed by atoms with Gasteiger partial charge in [-0.1, -0.05) is 40.0 Å². The number of nitriles is 1. The van der Waals surface area contributed by atoms with Gasteiger partial charge in [-0.3, -0.25) is 0 Å². The van der Waals surface area contributed by atoms with Crippen molar-refractivity contribution in [3.8, 4) is 6.07 Å². The molecule has 70 valence electrons. The summed E-state index contributed by atoms with van der Waals surface area (Å²) in [4.78, 5) is 0. The highest BCUT2D eigenvalue weighted by Crippen LogP contribution is 2.15. The Bertz CT molecular complexity index is 132. The van der Waals surface area contributed by atoms with Crippen LogP contribution in [0.15, 0.2) is 0 Å². The minimum Gasteiger partial charge on any atom is -0.198 e. The van der Waals surface area contributed by atoms with Crippen molar-refractivity contribution in [2.75, 3.05) is 0 Å². The number of rotatable bonds is 6. The van der Waals surface area contributed by atoms with Crippen LogP contribution in [-0.4, -0.2) is 0 Å². The fourth-order valence-electron chi connectivity index (χ4n) is 1.33. The van der Waals surface area contributed by atoms with Crippen LogP contribution in [0.25, 0.3) is 0 Å². The lowest BCUT2D eigenvalue weighted by molar-refractivity contribution is 0.440. The predicted molar refractivity (Wildman–Crippen MR) is 52.7 cm³/mol. The Labute approximate surface area is 76.8 Å². The number of nitrogens with zero attached hydrogens (tertiary/aromatic N) is 1. The normalized spacial score (nSPS) is 12.9. The summed E-state index contributed by atoms with van der Waals surface area (Å²) < 4.78 is 0.